The molecule has 0 saturated carbocycles. The molecule has 0 bridgehead atoms. The largest absolute Gasteiger partial charge is 0.475 e. The maximum Gasteiger partial charge on any atom is 0.371 e. The van der Waals surface area contributed by atoms with E-state index in [1.165, 1.54) is 6.07 Å². The van der Waals surface area contributed by atoms with Crippen LogP contribution in [-0.2, 0) is 6.54 Å². The van der Waals surface area contributed by atoms with E-state index in [0.29, 0.717) is 12.3 Å². The van der Waals surface area contributed by atoms with Crippen molar-refractivity contribution in [2.75, 3.05) is 0 Å². The van der Waals surface area contributed by atoms with Crippen LogP contribution in [0.1, 0.15) is 16.3 Å². The Labute approximate surface area is 114 Å². The lowest BCUT2D eigenvalue weighted by atomic mass is 10.2. The van der Waals surface area contributed by atoms with Gasteiger partial charge in [-0.15, -0.1) is 5.10 Å². The molecule has 6 nitrogen and oxygen atoms in total. The first kappa shape index (κ1) is 12.2. The van der Waals surface area contributed by atoms with Gasteiger partial charge in [0.05, 0.1) is 11.9 Å². The number of aromatic carboxylic acids is 1. The molecule has 100 valence electrons. The Morgan fingerprint density at radius 3 is 2.70 bits per heavy atom. The summed E-state index contributed by atoms with van der Waals surface area (Å²) in [6.07, 6.45) is 1.66. The number of hydrogen-bond donors (Lipinski definition) is 1. The van der Waals surface area contributed by atoms with E-state index in [2.05, 4.69) is 10.3 Å². The third kappa shape index (κ3) is 2.31. The van der Waals surface area contributed by atoms with Crippen LogP contribution in [-0.4, -0.2) is 26.1 Å². The molecule has 0 unspecified atom stereocenters. The van der Waals surface area contributed by atoms with Crippen molar-refractivity contribution < 1.29 is 14.3 Å². The third-order valence-corrected chi connectivity index (χ3v) is 2.87. The highest BCUT2D eigenvalue weighted by Crippen LogP contribution is 2.19. The molecular formula is C14H11N3O3. The fourth-order valence-corrected chi connectivity index (χ4v) is 1.93. The Kier molecular flexibility index (Phi) is 3.04. The van der Waals surface area contributed by atoms with Gasteiger partial charge < -0.3 is 9.52 Å². The van der Waals surface area contributed by atoms with Crippen LogP contribution in [0.3, 0.4) is 0 Å². The summed E-state index contributed by atoms with van der Waals surface area (Å²) in [6, 6.07) is 12.8. The summed E-state index contributed by atoms with van der Waals surface area (Å²) in [7, 11) is 0. The maximum atomic E-state index is 10.8. The second kappa shape index (κ2) is 5.00. The fourth-order valence-electron chi connectivity index (χ4n) is 1.93. The standard InChI is InChI=1S/C14H11N3O3/c18-14(19)13-7-6-11(20-13)9-17-12(8-15-16-17)10-4-2-1-3-5-10/h1-8H,9H2,(H,18,19). The van der Waals surface area contributed by atoms with Crippen molar-refractivity contribution in [1.82, 2.24) is 15.0 Å². The van der Waals surface area contributed by atoms with E-state index < -0.39 is 5.97 Å². The van der Waals surface area contributed by atoms with Crippen molar-refractivity contribution >= 4 is 5.97 Å². The van der Waals surface area contributed by atoms with E-state index in [-0.39, 0.29) is 5.76 Å². The molecule has 2 heterocycles. The minimum atomic E-state index is -1.09. The number of carboxylic acid groups (broad SMARTS) is 1. The van der Waals surface area contributed by atoms with Gasteiger partial charge in [-0.2, -0.15) is 0 Å². The van der Waals surface area contributed by atoms with Crippen LogP contribution in [0.4, 0.5) is 0 Å². The van der Waals surface area contributed by atoms with Crippen molar-refractivity contribution in [1.29, 1.82) is 0 Å². The molecule has 3 rings (SSSR count). The number of furan rings is 1. The molecule has 0 fully saturated rings. The predicted octanol–water partition coefficient (Wildman–Crippen LogP) is 2.28. The summed E-state index contributed by atoms with van der Waals surface area (Å²) in [5.74, 6) is -0.649. The zero-order chi connectivity index (χ0) is 13.9. The number of aromatic nitrogens is 3. The summed E-state index contributed by atoms with van der Waals surface area (Å²) in [5.41, 5.74) is 1.83. The van der Waals surface area contributed by atoms with Crippen LogP contribution in [0, 0.1) is 0 Å². The molecule has 0 aliphatic heterocycles. The molecule has 0 spiro atoms. The number of carboxylic acids is 1. The number of rotatable bonds is 4. The van der Waals surface area contributed by atoms with Gasteiger partial charge in [0.2, 0.25) is 5.76 Å². The first-order chi connectivity index (χ1) is 9.74. The van der Waals surface area contributed by atoms with E-state index >= 15 is 0 Å². The molecule has 3 aromatic rings. The second-order valence-electron chi connectivity index (χ2n) is 4.21. The molecule has 6 heteroatoms. The van der Waals surface area contributed by atoms with Crippen molar-refractivity contribution in [3.8, 4) is 11.3 Å². The average molecular weight is 269 g/mol. The van der Waals surface area contributed by atoms with Gasteiger partial charge in [-0.1, -0.05) is 35.5 Å². The Balaban J connectivity index is 1.88. The Hall–Kier alpha value is -2.89. The molecule has 1 aromatic carbocycles. The van der Waals surface area contributed by atoms with Gasteiger partial charge >= 0.3 is 5.97 Å². The zero-order valence-electron chi connectivity index (χ0n) is 10.4. The first-order valence-corrected chi connectivity index (χ1v) is 6.00. The highest BCUT2D eigenvalue weighted by atomic mass is 16.4. The lowest BCUT2D eigenvalue weighted by Crippen LogP contribution is -2.03. The molecule has 0 amide bonds. The van der Waals surface area contributed by atoms with Crippen LogP contribution in [0.2, 0.25) is 0 Å². The van der Waals surface area contributed by atoms with Gasteiger partial charge in [-0.25, -0.2) is 9.48 Å². The number of nitrogens with zero attached hydrogens (tertiary/aromatic N) is 3. The highest BCUT2D eigenvalue weighted by Gasteiger charge is 2.12. The average Bonchev–Trinajstić information content (AvgIpc) is 3.09. The van der Waals surface area contributed by atoms with E-state index in [4.69, 9.17) is 9.52 Å². The normalized spacial score (nSPS) is 10.6. The summed E-state index contributed by atoms with van der Waals surface area (Å²) >= 11 is 0. The van der Waals surface area contributed by atoms with E-state index in [1.54, 1.807) is 16.9 Å². The van der Waals surface area contributed by atoms with Gasteiger partial charge in [0.1, 0.15) is 12.3 Å². The van der Waals surface area contributed by atoms with Crippen LogP contribution in [0.15, 0.2) is 53.1 Å². The summed E-state index contributed by atoms with van der Waals surface area (Å²) in [5, 5.41) is 16.7. The van der Waals surface area contributed by atoms with E-state index in [9.17, 15) is 4.79 Å². The van der Waals surface area contributed by atoms with Gasteiger partial charge in [0, 0.05) is 5.56 Å². The molecule has 1 N–H and O–H groups in total. The smallest absolute Gasteiger partial charge is 0.371 e. The van der Waals surface area contributed by atoms with E-state index in [1.807, 2.05) is 30.3 Å². The Morgan fingerprint density at radius 2 is 2.00 bits per heavy atom. The molecule has 0 saturated heterocycles. The molecular weight excluding hydrogens is 258 g/mol. The zero-order valence-corrected chi connectivity index (χ0v) is 10.4. The highest BCUT2D eigenvalue weighted by molar-refractivity contribution is 5.84. The van der Waals surface area contributed by atoms with Gasteiger partial charge in [-0.3, -0.25) is 0 Å². The van der Waals surface area contributed by atoms with Crippen LogP contribution < -0.4 is 0 Å². The minimum Gasteiger partial charge on any atom is -0.475 e. The number of benzene rings is 1. The monoisotopic (exact) mass is 269 g/mol. The van der Waals surface area contributed by atoms with Crippen molar-refractivity contribution in [3.05, 3.63) is 60.2 Å². The van der Waals surface area contributed by atoms with Gasteiger partial charge in [0.25, 0.3) is 0 Å². The Morgan fingerprint density at radius 1 is 1.20 bits per heavy atom. The van der Waals surface area contributed by atoms with E-state index in [0.717, 1.165) is 11.3 Å². The fraction of sp³-hybridized carbons (Fsp3) is 0.0714. The van der Waals surface area contributed by atoms with Crippen LogP contribution in [0.5, 0.6) is 0 Å². The lowest BCUT2D eigenvalue weighted by Gasteiger charge is -2.04. The number of carbonyl (C=O) groups is 1. The summed E-state index contributed by atoms with van der Waals surface area (Å²) in [4.78, 5) is 10.8. The molecule has 0 radical (unpaired) electrons. The van der Waals surface area contributed by atoms with Crippen LogP contribution in [0.25, 0.3) is 11.3 Å². The van der Waals surface area contributed by atoms with Crippen molar-refractivity contribution in [2.24, 2.45) is 0 Å². The molecule has 0 atom stereocenters. The third-order valence-electron chi connectivity index (χ3n) is 2.87. The summed E-state index contributed by atoms with van der Waals surface area (Å²) < 4.78 is 6.89. The minimum absolute atomic E-state index is 0.0821. The SMILES string of the molecule is O=C(O)c1ccc(Cn2nncc2-c2ccccc2)o1. The topological polar surface area (TPSA) is 81.1 Å². The molecule has 0 aliphatic rings. The maximum absolute atomic E-state index is 10.8. The molecule has 2 aromatic heterocycles. The molecule has 0 aliphatic carbocycles. The molecule has 20 heavy (non-hydrogen) atoms. The first-order valence-electron chi connectivity index (χ1n) is 6.00. The van der Waals surface area contributed by atoms with Gasteiger partial charge in [0.15, 0.2) is 0 Å². The predicted molar refractivity (Wildman–Crippen MR) is 70.2 cm³/mol. The number of hydrogen-bond acceptors (Lipinski definition) is 4. The quantitative estimate of drug-likeness (QED) is 0.785. The Bertz CT molecular complexity index is 731. The lowest BCUT2D eigenvalue weighted by molar-refractivity contribution is 0.0660. The summed E-state index contributed by atoms with van der Waals surface area (Å²) in [6.45, 7) is 0.331. The van der Waals surface area contributed by atoms with Crippen LogP contribution >= 0.6 is 0 Å². The second-order valence-corrected chi connectivity index (χ2v) is 4.21. The van der Waals surface area contributed by atoms with Crippen molar-refractivity contribution in [2.45, 2.75) is 6.54 Å². The van der Waals surface area contributed by atoms with Gasteiger partial charge in [-0.05, 0) is 12.1 Å². The van der Waals surface area contributed by atoms with Crippen molar-refractivity contribution in [3.63, 3.8) is 0 Å².